The Morgan fingerprint density at radius 2 is 0.342 bits per heavy atom. The molecule has 0 fully saturated rings. The topological polar surface area (TPSA) is 6.48 Å². The predicted molar refractivity (Wildman–Crippen MR) is 210 cm³/mol. The molecule has 0 aliphatic carbocycles. The average Bonchev–Trinajstić information content (AvgIpc) is 3.26. The third-order valence-corrected chi connectivity index (χ3v) is 10.8. The van der Waals surface area contributed by atoms with E-state index < -0.39 is 175 Å². The highest BCUT2D eigenvalue weighted by Gasteiger charge is 2.59. The molecule has 0 saturated heterocycles. The van der Waals surface area contributed by atoms with Gasteiger partial charge in [-0.1, -0.05) is 24.3 Å². The van der Waals surface area contributed by atoms with E-state index in [9.17, 15) is 105 Å². The fourth-order valence-corrected chi connectivity index (χ4v) is 7.34. The maximum atomic E-state index is 17.0. The van der Waals surface area contributed by atoms with Crippen LogP contribution in [-0.2, 0) is 55.1 Å². The Hall–Kier alpha value is -7.04. The molecule has 30 heteroatoms. The van der Waals surface area contributed by atoms with E-state index in [-0.39, 0.29) is 107 Å². The normalized spacial score (nSPS) is 13.8. The fraction of sp³-hybridized carbons (Fsp3) is 0.217. The lowest BCUT2D eigenvalue weighted by molar-refractivity contribution is -0.219. The second-order valence-corrected chi connectivity index (χ2v) is 16.0. The zero-order valence-corrected chi connectivity index (χ0v) is 36.0. The first-order valence-electron chi connectivity index (χ1n) is 20.0. The molecule has 0 aromatic heterocycles. The average molecular weight is 1130 g/mol. The van der Waals surface area contributed by atoms with Gasteiger partial charge in [0, 0.05) is 45.3 Å². The summed E-state index contributed by atoms with van der Waals surface area (Å²) in [5.74, 6) is 0. The van der Waals surface area contributed by atoms with E-state index in [2.05, 4.69) is 0 Å². The van der Waals surface area contributed by atoms with Crippen LogP contribution in [0.1, 0.15) is 55.6 Å². The SMILES string of the molecule is FC(F)(F)c1cc(N(c2ccc(C(F)(c3ccc(N(c4cc(C(F)(F)F)cc(C(F)(F)F)c4)c4cc(C(F)(F)F)cc(C(F)(F)F)c4)cc3)C(F)(F)F)cc2)c2cc(C(F)(F)F)cc(C(F)(F)F)c2)cc(C(F)(F)F)c1. The van der Waals surface area contributed by atoms with Crippen LogP contribution < -0.4 is 9.80 Å². The predicted octanol–water partition coefficient (Wildman–Crippen LogP) is 19.6. The molecule has 0 amide bonds. The number of hydrogen-bond donors (Lipinski definition) is 0. The van der Waals surface area contributed by atoms with Crippen LogP contribution in [0.15, 0.2) is 121 Å². The summed E-state index contributed by atoms with van der Waals surface area (Å²) in [4.78, 5) is -0.294. The maximum absolute atomic E-state index is 17.0. The molecule has 0 atom stereocenters. The van der Waals surface area contributed by atoms with Gasteiger partial charge in [-0.3, -0.25) is 0 Å². The highest BCUT2D eigenvalue weighted by molar-refractivity contribution is 5.80. The van der Waals surface area contributed by atoms with Crippen molar-refractivity contribution in [1.29, 1.82) is 0 Å². The Morgan fingerprint density at radius 1 is 0.184 bits per heavy atom. The first-order valence-corrected chi connectivity index (χ1v) is 20.0. The molecule has 0 radical (unpaired) electrons. The van der Waals surface area contributed by atoms with Gasteiger partial charge in [0.1, 0.15) is 0 Å². The van der Waals surface area contributed by atoms with Gasteiger partial charge in [0.25, 0.3) is 5.67 Å². The minimum atomic E-state index is -6.30. The summed E-state index contributed by atoms with van der Waals surface area (Å²) in [6.07, 6.45) is -52.3. The Bertz CT molecular complexity index is 2590. The molecule has 0 heterocycles. The molecule has 6 aromatic carbocycles. The van der Waals surface area contributed by atoms with E-state index in [1.165, 1.54) is 0 Å². The van der Waals surface area contributed by atoms with Crippen LogP contribution in [-0.4, -0.2) is 6.18 Å². The standard InChI is InChI=1S/C46H20F28N2/c47-37(46(72,73)74,21-1-5-31(6-2-21)75(33-13-23(38(48,49)50)9-24(14-33)39(51,52)53)34-15-25(40(54,55)56)10-26(16-34)41(57,58)59)22-3-7-32(8-4-22)76(35-17-27(42(60,61)62)11-28(18-35)43(63,64)65)36-19-29(44(66,67)68)12-30(20-36)45(69,70)71/h1-20H. The largest absolute Gasteiger partial charge is 0.431 e. The molecule has 6 aromatic rings. The molecule has 0 spiro atoms. The molecule has 0 aliphatic heterocycles. The molecule has 6 rings (SSSR count). The van der Waals surface area contributed by atoms with Gasteiger partial charge in [0.2, 0.25) is 0 Å². The van der Waals surface area contributed by atoms with Crippen LogP contribution >= 0.6 is 0 Å². The van der Waals surface area contributed by atoms with Crippen LogP contribution in [0, 0.1) is 0 Å². The summed E-state index contributed by atoms with van der Waals surface area (Å²) in [5.41, 5.74) is -34.8. The van der Waals surface area contributed by atoms with Gasteiger partial charge >= 0.3 is 55.6 Å². The molecular formula is C46H20F28N2. The molecular weight excluding hydrogens is 1110 g/mol. The van der Waals surface area contributed by atoms with Crippen molar-refractivity contribution in [1.82, 2.24) is 0 Å². The van der Waals surface area contributed by atoms with E-state index >= 15 is 17.6 Å². The van der Waals surface area contributed by atoms with Crippen LogP contribution in [0.3, 0.4) is 0 Å². The monoisotopic (exact) mass is 1130 g/mol. The third kappa shape index (κ3) is 12.3. The Kier molecular flexibility index (Phi) is 14.5. The van der Waals surface area contributed by atoms with Gasteiger partial charge in [-0.2, -0.15) is 119 Å². The summed E-state index contributed by atoms with van der Waals surface area (Å²) in [7, 11) is 0. The molecule has 0 bridgehead atoms. The van der Waals surface area contributed by atoms with E-state index in [1.807, 2.05) is 0 Å². The van der Waals surface area contributed by atoms with Gasteiger partial charge in [-0.05, 0) is 97.1 Å². The third-order valence-electron chi connectivity index (χ3n) is 10.8. The van der Waals surface area contributed by atoms with Crippen LogP contribution in [0.25, 0.3) is 0 Å². The molecule has 0 unspecified atom stereocenters. The number of halogens is 28. The van der Waals surface area contributed by atoms with Crippen molar-refractivity contribution in [2.75, 3.05) is 9.80 Å². The summed E-state index contributed by atoms with van der Waals surface area (Å²) in [6.45, 7) is 0. The fourth-order valence-electron chi connectivity index (χ4n) is 7.34. The van der Waals surface area contributed by atoms with Crippen molar-refractivity contribution in [3.63, 3.8) is 0 Å². The number of alkyl halides is 28. The van der Waals surface area contributed by atoms with Gasteiger partial charge in [0.05, 0.1) is 44.5 Å². The number of hydrogen-bond acceptors (Lipinski definition) is 2. The van der Waals surface area contributed by atoms with E-state index in [0.29, 0.717) is 0 Å². The molecule has 410 valence electrons. The second kappa shape index (κ2) is 18.9. The minimum Gasteiger partial charge on any atom is -0.310 e. The first-order chi connectivity index (χ1) is 34.2. The lowest BCUT2D eigenvalue weighted by Crippen LogP contribution is -2.39. The molecule has 0 aliphatic rings. The van der Waals surface area contributed by atoms with Gasteiger partial charge in [-0.15, -0.1) is 0 Å². The Morgan fingerprint density at radius 3 is 0.474 bits per heavy atom. The van der Waals surface area contributed by atoms with E-state index in [1.54, 1.807) is 0 Å². The zero-order valence-electron chi connectivity index (χ0n) is 36.0. The number of nitrogens with zero attached hydrogens (tertiary/aromatic N) is 2. The van der Waals surface area contributed by atoms with E-state index in [0.717, 1.165) is 0 Å². The van der Waals surface area contributed by atoms with Gasteiger partial charge < -0.3 is 9.80 Å². The lowest BCUT2D eigenvalue weighted by atomic mass is 9.87. The molecule has 0 N–H and O–H groups in total. The highest BCUT2D eigenvalue weighted by Crippen LogP contribution is 2.52. The van der Waals surface area contributed by atoms with Crippen LogP contribution in [0.5, 0.6) is 0 Å². The van der Waals surface area contributed by atoms with Crippen molar-refractivity contribution in [3.8, 4) is 0 Å². The van der Waals surface area contributed by atoms with E-state index in [4.69, 9.17) is 0 Å². The maximum Gasteiger partial charge on any atom is 0.431 e. The Balaban J connectivity index is 1.60. The number of benzene rings is 6. The first kappa shape index (κ1) is 58.2. The molecule has 76 heavy (non-hydrogen) atoms. The van der Waals surface area contributed by atoms with Gasteiger partial charge in [-0.25, -0.2) is 4.39 Å². The number of anilines is 6. The van der Waals surface area contributed by atoms with Crippen molar-refractivity contribution in [3.05, 3.63) is 177 Å². The number of rotatable bonds is 8. The van der Waals surface area contributed by atoms with Crippen molar-refractivity contribution in [2.24, 2.45) is 0 Å². The second-order valence-electron chi connectivity index (χ2n) is 16.0. The summed E-state index contributed by atoms with van der Waals surface area (Å²) >= 11 is 0. The van der Waals surface area contributed by atoms with Gasteiger partial charge in [0.15, 0.2) is 0 Å². The van der Waals surface area contributed by atoms with Crippen LogP contribution in [0.4, 0.5) is 157 Å². The van der Waals surface area contributed by atoms with Crippen LogP contribution in [0.2, 0.25) is 0 Å². The quantitative estimate of drug-likeness (QED) is 0.140. The zero-order chi connectivity index (χ0) is 57.5. The highest BCUT2D eigenvalue weighted by atomic mass is 19.4. The summed E-state index contributed by atoms with van der Waals surface area (Å²) < 4.78 is 398. The Labute approximate surface area is 405 Å². The van der Waals surface area contributed by atoms with Crippen molar-refractivity contribution >= 4 is 34.1 Å². The lowest BCUT2D eigenvalue weighted by Gasteiger charge is -2.32. The molecule has 2 nitrogen and oxygen atoms in total. The van der Waals surface area contributed by atoms with Crippen molar-refractivity contribution in [2.45, 2.75) is 61.3 Å². The smallest absolute Gasteiger partial charge is 0.310 e. The van der Waals surface area contributed by atoms with Crippen molar-refractivity contribution < 1.29 is 123 Å². The minimum absolute atomic E-state index is 0.00913. The molecule has 0 saturated carbocycles. The summed E-state index contributed by atoms with van der Waals surface area (Å²) in [6, 6.07) is -3.19. The summed E-state index contributed by atoms with van der Waals surface area (Å²) in [5, 5.41) is 0.